The van der Waals surface area contributed by atoms with E-state index in [0.29, 0.717) is 11.3 Å². The van der Waals surface area contributed by atoms with E-state index < -0.39 is 28.8 Å². The smallest absolute Gasteiger partial charge is 0.357 e. The van der Waals surface area contributed by atoms with E-state index >= 15 is 0 Å². The zero-order valence-electron chi connectivity index (χ0n) is 18.9. The molecule has 0 bridgehead atoms. The molecule has 3 amide bonds. The van der Waals surface area contributed by atoms with Crippen molar-refractivity contribution in [2.45, 2.75) is 31.2 Å². The number of carbonyl (C=O) groups is 2. The summed E-state index contributed by atoms with van der Waals surface area (Å²) in [5, 5.41) is 11.9. The molecule has 0 radical (unpaired) electrons. The van der Waals surface area contributed by atoms with E-state index in [9.17, 15) is 19.4 Å². The molecule has 0 saturated heterocycles. The standard InChI is InChI=1S/C25H24N4O4S/c1-25(2,3)28-24(31)29-34(32)22-13-16(15-26)7-12-21(22)33-20-6-4-5-19(14-20)17-8-10-18(11-9-17)23(27)30/h4-14H,1-3H3,(H2,27,30)(H2,28,29,31). The van der Waals surface area contributed by atoms with Crippen LogP contribution in [0.3, 0.4) is 0 Å². The topological polar surface area (TPSA) is 140 Å². The van der Waals surface area contributed by atoms with Gasteiger partial charge in [0.25, 0.3) is 0 Å². The first kappa shape index (κ1) is 24.6. The molecule has 174 valence electrons. The van der Waals surface area contributed by atoms with Crippen LogP contribution in [-0.2, 0) is 11.4 Å². The minimum atomic E-state index is -1.98. The number of nitrogens with zero attached hydrogens (tertiary/aromatic N) is 1. The molecule has 3 aromatic rings. The normalized spacial score (nSPS) is 11.7. The van der Waals surface area contributed by atoms with Crippen molar-refractivity contribution in [3.05, 3.63) is 77.9 Å². The van der Waals surface area contributed by atoms with Crippen molar-refractivity contribution in [3.63, 3.8) is 0 Å². The van der Waals surface area contributed by atoms with Gasteiger partial charge in [-0.3, -0.25) is 4.79 Å². The maximum absolute atomic E-state index is 12.9. The lowest BCUT2D eigenvalue weighted by Crippen LogP contribution is -2.48. The van der Waals surface area contributed by atoms with Gasteiger partial charge in [-0.05, 0) is 68.3 Å². The van der Waals surface area contributed by atoms with Gasteiger partial charge in [0, 0.05) is 17.2 Å². The van der Waals surface area contributed by atoms with Gasteiger partial charge in [-0.1, -0.05) is 24.3 Å². The van der Waals surface area contributed by atoms with E-state index in [0.717, 1.165) is 11.1 Å². The Morgan fingerprint density at radius 3 is 2.35 bits per heavy atom. The summed E-state index contributed by atoms with van der Waals surface area (Å²) in [6.45, 7) is 5.40. The summed E-state index contributed by atoms with van der Waals surface area (Å²) in [6, 6.07) is 19.9. The molecule has 0 aromatic heterocycles. The minimum absolute atomic E-state index is 0.152. The molecule has 0 fully saturated rings. The van der Waals surface area contributed by atoms with E-state index in [1.54, 1.807) is 63.2 Å². The predicted molar refractivity (Wildman–Crippen MR) is 129 cm³/mol. The van der Waals surface area contributed by atoms with Crippen LogP contribution in [0.25, 0.3) is 11.1 Å². The van der Waals surface area contributed by atoms with Crippen molar-refractivity contribution in [3.8, 4) is 28.7 Å². The second-order valence-corrected chi connectivity index (χ2v) is 9.60. The molecule has 0 spiro atoms. The van der Waals surface area contributed by atoms with Crippen molar-refractivity contribution in [1.29, 1.82) is 5.26 Å². The molecule has 34 heavy (non-hydrogen) atoms. The third kappa shape index (κ3) is 6.51. The highest BCUT2D eigenvalue weighted by Crippen LogP contribution is 2.32. The monoisotopic (exact) mass is 476 g/mol. The van der Waals surface area contributed by atoms with Crippen molar-refractivity contribution in [2.75, 3.05) is 0 Å². The summed E-state index contributed by atoms with van der Waals surface area (Å²) in [7, 11) is 0. The largest absolute Gasteiger partial charge is 0.588 e. The molecular formula is C25H24N4O4S. The molecule has 0 heterocycles. The first-order valence-corrected chi connectivity index (χ1v) is 11.4. The summed E-state index contributed by atoms with van der Waals surface area (Å²) in [5.41, 5.74) is 7.14. The average Bonchev–Trinajstić information content (AvgIpc) is 2.78. The third-order valence-electron chi connectivity index (χ3n) is 4.51. The van der Waals surface area contributed by atoms with E-state index in [2.05, 4.69) is 10.0 Å². The SMILES string of the molecule is CC(C)(C)NC(=O)N[S+]([O-])c1cc(C#N)ccc1Oc1cccc(-c2ccc(C(N)=O)cc2)c1. The second-order valence-electron chi connectivity index (χ2n) is 8.42. The Morgan fingerprint density at radius 2 is 1.74 bits per heavy atom. The number of carbonyl (C=O) groups excluding carboxylic acids is 2. The van der Waals surface area contributed by atoms with Crippen LogP contribution in [0.2, 0.25) is 0 Å². The molecule has 1 unspecified atom stereocenters. The van der Waals surface area contributed by atoms with E-state index in [-0.39, 0.29) is 16.2 Å². The van der Waals surface area contributed by atoms with Crippen molar-refractivity contribution in [2.24, 2.45) is 5.73 Å². The quantitative estimate of drug-likeness (QED) is 0.457. The summed E-state index contributed by atoms with van der Waals surface area (Å²) in [5.74, 6) is 0.183. The zero-order chi connectivity index (χ0) is 24.9. The van der Waals surface area contributed by atoms with Gasteiger partial charge in [0.2, 0.25) is 10.8 Å². The van der Waals surface area contributed by atoms with Crippen LogP contribution in [0, 0.1) is 11.3 Å². The Balaban J connectivity index is 1.86. The molecule has 9 heteroatoms. The third-order valence-corrected chi connectivity index (χ3v) is 5.60. The van der Waals surface area contributed by atoms with E-state index in [1.165, 1.54) is 18.2 Å². The number of amides is 3. The summed E-state index contributed by atoms with van der Waals surface area (Å²) < 4.78 is 21.3. The van der Waals surface area contributed by atoms with Crippen molar-refractivity contribution in [1.82, 2.24) is 10.0 Å². The van der Waals surface area contributed by atoms with Gasteiger partial charge < -0.3 is 20.3 Å². The molecule has 3 aromatic carbocycles. The number of nitrogens with one attached hydrogen (secondary N) is 2. The molecule has 0 aliphatic carbocycles. The van der Waals surface area contributed by atoms with Crippen LogP contribution < -0.4 is 20.5 Å². The molecule has 0 aliphatic rings. The number of urea groups is 1. The first-order valence-electron chi connectivity index (χ1n) is 10.3. The maximum Gasteiger partial charge on any atom is 0.357 e. The molecular weight excluding hydrogens is 452 g/mol. The summed E-state index contributed by atoms with van der Waals surface area (Å²) in [4.78, 5) is 23.6. The first-order chi connectivity index (χ1) is 16.1. The second kappa shape index (κ2) is 10.3. The number of primary amides is 1. The highest BCUT2D eigenvalue weighted by atomic mass is 32.2. The Labute approximate surface area is 201 Å². The zero-order valence-corrected chi connectivity index (χ0v) is 19.7. The van der Waals surface area contributed by atoms with Gasteiger partial charge in [0.15, 0.2) is 5.75 Å². The van der Waals surface area contributed by atoms with Gasteiger partial charge in [-0.2, -0.15) is 5.26 Å². The van der Waals surface area contributed by atoms with E-state index in [4.69, 9.17) is 10.5 Å². The average molecular weight is 477 g/mol. The molecule has 3 rings (SSSR count). The van der Waals surface area contributed by atoms with Gasteiger partial charge in [-0.25, -0.2) is 4.79 Å². The van der Waals surface area contributed by atoms with Crippen molar-refractivity contribution < 1.29 is 18.9 Å². The van der Waals surface area contributed by atoms with Crippen LogP contribution in [0.4, 0.5) is 4.79 Å². The molecule has 8 nitrogen and oxygen atoms in total. The van der Waals surface area contributed by atoms with Gasteiger partial charge in [0.05, 0.1) is 11.6 Å². The van der Waals surface area contributed by atoms with Gasteiger partial charge >= 0.3 is 6.03 Å². The van der Waals surface area contributed by atoms with E-state index in [1.807, 2.05) is 12.1 Å². The Bertz CT molecular complexity index is 1250. The Hall–Kier alpha value is -4.00. The number of benzene rings is 3. The number of nitrogens with two attached hydrogens (primary N) is 1. The number of rotatable bonds is 6. The maximum atomic E-state index is 12.9. The number of hydrogen-bond donors (Lipinski definition) is 3. The number of hydrogen-bond acceptors (Lipinski definition) is 5. The fourth-order valence-corrected chi connectivity index (χ4v) is 3.86. The summed E-state index contributed by atoms with van der Waals surface area (Å²) in [6.07, 6.45) is 0. The van der Waals surface area contributed by atoms with Crippen molar-refractivity contribution >= 4 is 23.3 Å². The van der Waals surface area contributed by atoms with Crippen LogP contribution in [-0.4, -0.2) is 22.0 Å². The Kier molecular flexibility index (Phi) is 7.46. The molecule has 1 atom stereocenters. The Morgan fingerprint density at radius 1 is 1.03 bits per heavy atom. The lowest BCUT2D eigenvalue weighted by atomic mass is 10.0. The molecule has 4 N–H and O–H groups in total. The summed E-state index contributed by atoms with van der Waals surface area (Å²) >= 11 is -1.98. The lowest BCUT2D eigenvalue weighted by Gasteiger charge is -2.21. The minimum Gasteiger partial charge on any atom is -0.588 e. The molecule has 0 saturated carbocycles. The predicted octanol–water partition coefficient (Wildman–Crippen LogP) is 4.24. The van der Waals surface area contributed by atoms with Crippen LogP contribution in [0.5, 0.6) is 11.5 Å². The fraction of sp³-hybridized carbons (Fsp3) is 0.160. The van der Waals surface area contributed by atoms with Crippen LogP contribution in [0.1, 0.15) is 36.7 Å². The highest BCUT2D eigenvalue weighted by molar-refractivity contribution is 7.90. The van der Waals surface area contributed by atoms with Gasteiger partial charge in [0.1, 0.15) is 17.1 Å². The number of nitriles is 1. The van der Waals surface area contributed by atoms with Gasteiger partial charge in [-0.15, -0.1) is 4.72 Å². The molecule has 0 aliphatic heterocycles. The fourth-order valence-electron chi connectivity index (χ4n) is 3.01. The highest BCUT2D eigenvalue weighted by Gasteiger charge is 2.24. The number of ether oxygens (including phenoxy) is 1. The lowest BCUT2D eigenvalue weighted by molar-refractivity contribution is 0.1000. The van der Waals surface area contributed by atoms with Crippen LogP contribution in [0.15, 0.2) is 71.6 Å². The van der Waals surface area contributed by atoms with Crippen LogP contribution >= 0.6 is 0 Å².